The molecule has 0 aromatic heterocycles. The van der Waals surface area contributed by atoms with E-state index >= 15 is 0 Å². The Bertz CT molecular complexity index is 405. The Balaban J connectivity index is 0.00000400. The second-order valence-electron chi connectivity index (χ2n) is 4.80. The molecule has 2 N–H and O–H groups in total. The number of hydrogen-bond donors (Lipinski definition) is 2. The zero-order valence-electron chi connectivity index (χ0n) is 12.6. The number of hydrogen-bond acceptors (Lipinski definition) is 5. The predicted octanol–water partition coefficient (Wildman–Crippen LogP) is -0.425. The molecule has 126 valence electrons. The molecular formula is C12H26ClN3O4S. The van der Waals surface area contributed by atoms with Crippen molar-refractivity contribution in [3.05, 3.63) is 0 Å². The number of ether oxygens (including phenoxy) is 1. The van der Waals surface area contributed by atoms with Crippen molar-refractivity contribution < 1.29 is 17.9 Å². The molecule has 1 heterocycles. The van der Waals surface area contributed by atoms with Gasteiger partial charge in [-0.3, -0.25) is 4.79 Å². The van der Waals surface area contributed by atoms with Crippen LogP contribution in [0.2, 0.25) is 0 Å². The van der Waals surface area contributed by atoms with Crippen LogP contribution in [0.25, 0.3) is 0 Å². The van der Waals surface area contributed by atoms with E-state index in [1.54, 1.807) is 11.8 Å². The lowest BCUT2D eigenvalue weighted by Crippen LogP contribution is -2.50. The number of carbonyl (C=O) groups is 1. The summed E-state index contributed by atoms with van der Waals surface area (Å²) >= 11 is 0. The first-order chi connectivity index (χ1) is 9.48. The number of sulfonamides is 1. The van der Waals surface area contributed by atoms with Gasteiger partial charge in [0, 0.05) is 25.7 Å². The van der Waals surface area contributed by atoms with Crippen molar-refractivity contribution in [2.75, 3.05) is 45.6 Å². The largest absolute Gasteiger partial charge is 0.381 e. The molecule has 0 radical (unpaired) electrons. The number of likely N-dealkylation sites (N-methyl/N-ethyl adjacent to an activating group) is 1. The maximum atomic E-state index is 12.0. The Kier molecular flexibility index (Phi) is 10.1. The monoisotopic (exact) mass is 343 g/mol. The van der Waals surface area contributed by atoms with E-state index in [2.05, 4.69) is 10.0 Å². The van der Waals surface area contributed by atoms with Crippen molar-refractivity contribution in [2.45, 2.75) is 25.8 Å². The van der Waals surface area contributed by atoms with Gasteiger partial charge in [0.15, 0.2) is 0 Å². The highest BCUT2D eigenvalue weighted by atomic mass is 35.5. The third-order valence-electron chi connectivity index (χ3n) is 3.33. The zero-order valence-corrected chi connectivity index (χ0v) is 14.3. The summed E-state index contributed by atoms with van der Waals surface area (Å²) in [5, 5.41) is 3.15. The number of likely N-dealkylation sites (tertiary alicyclic amines) is 1. The second-order valence-corrected chi connectivity index (χ2v) is 6.73. The molecule has 1 atom stereocenters. The fourth-order valence-electron chi connectivity index (χ4n) is 2.11. The van der Waals surface area contributed by atoms with Crippen LogP contribution in [-0.2, 0) is 19.6 Å². The highest BCUT2D eigenvalue weighted by molar-refractivity contribution is 7.89. The molecular weight excluding hydrogens is 318 g/mol. The average molecular weight is 344 g/mol. The van der Waals surface area contributed by atoms with Crippen LogP contribution in [-0.4, -0.2) is 70.9 Å². The molecule has 0 aliphatic carbocycles. The first-order valence-corrected chi connectivity index (χ1v) is 8.64. The van der Waals surface area contributed by atoms with Gasteiger partial charge in [0.25, 0.3) is 0 Å². The zero-order chi connectivity index (χ0) is 15.0. The molecule has 1 fully saturated rings. The van der Waals surface area contributed by atoms with E-state index in [4.69, 9.17) is 4.74 Å². The Morgan fingerprint density at radius 2 is 2.14 bits per heavy atom. The first-order valence-electron chi connectivity index (χ1n) is 6.98. The van der Waals surface area contributed by atoms with Gasteiger partial charge >= 0.3 is 0 Å². The van der Waals surface area contributed by atoms with Crippen LogP contribution in [0.4, 0.5) is 0 Å². The van der Waals surface area contributed by atoms with Crippen LogP contribution in [0.5, 0.6) is 0 Å². The Hall–Kier alpha value is -0.410. The number of nitrogens with one attached hydrogen (secondary N) is 2. The van der Waals surface area contributed by atoms with Crippen LogP contribution in [0, 0.1) is 0 Å². The van der Waals surface area contributed by atoms with Gasteiger partial charge in [0.2, 0.25) is 15.9 Å². The fraction of sp³-hybridized carbons (Fsp3) is 0.917. The molecule has 0 bridgehead atoms. The molecule has 1 unspecified atom stereocenters. The quantitative estimate of drug-likeness (QED) is 0.584. The Morgan fingerprint density at radius 3 is 2.76 bits per heavy atom. The van der Waals surface area contributed by atoms with Crippen molar-refractivity contribution in [1.82, 2.24) is 14.9 Å². The number of nitrogens with zero attached hydrogens (tertiary/aromatic N) is 1. The fourth-order valence-corrected chi connectivity index (χ4v) is 2.93. The molecule has 1 rings (SSSR count). The van der Waals surface area contributed by atoms with Crippen LogP contribution in [0.15, 0.2) is 0 Å². The molecule has 1 amide bonds. The summed E-state index contributed by atoms with van der Waals surface area (Å²) < 4.78 is 30.6. The van der Waals surface area contributed by atoms with Gasteiger partial charge in [0.1, 0.15) is 0 Å². The van der Waals surface area contributed by atoms with Gasteiger partial charge < -0.3 is 15.0 Å². The predicted molar refractivity (Wildman–Crippen MR) is 84.2 cm³/mol. The standard InChI is InChI=1S/C12H25N3O4S.ClH/c1-3-19-7-8-20(17,18)14-9-12(16)15-6-4-5-11(10-15)13-2;/h11,13-14H,3-10H2,1-2H3;1H. The van der Waals surface area contributed by atoms with Gasteiger partial charge in [0.05, 0.1) is 18.9 Å². The maximum Gasteiger partial charge on any atom is 0.237 e. The highest BCUT2D eigenvalue weighted by Crippen LogP contribution is 2.09. The summed E-state index contributed by atoms with van der Waals surface area (Å²) in [6.45, 7) is 3.58. The summed E-state index contributed by atoms with van der Waals surface area (Å²) in [6.07, 6.45) is 1.98. The van der Waals surface area contributed by atoms with E-state index in [0.29, 0.717) is 25.7 Å². The Labute approximate surface area is 133 Å². The first kappa shape index (κ1) is 20.6. The maximum absolute atomic E-state index is 12.0. The SMILES string of the molecule is CCOCCS(=O)(=O)NCC(=O)N1CCCC(NC)C1.Cl. The second kappa shape index (κ2) is 10.3. The molecule has 21 heavy (non-hydrogen) atoms. The smallest absolute Gasteiger partial charge is 0.237 e. The van der Waals surface area contributed by atoms with Gasteiger partial charge in [-0.25, -0.2) is 13.1 Å². The van der Waals surface area contributed by atoms with Crippen LogP contribution in [0.3, 0.4) is 0 Å². The van der Waals surface area contributed by atoms with Crippen LogP contribution in [0.1, 0.15) is 19.8 Å². The summed E-state index contributed by atoms with van der Waals surface area (Å²) in [5.41, 5.74) is 0. The third kappa shape index (κ3) is 7.96. The van der Waals surface area contributed by atoms with Crippen LogP contribution >= 0.6 is 12.4 Å². The number of halogens is 1. The third-order valence-corrected chi connectivity index (χ3v) is 4.61. The number of carbonyl (C=O) groups excluding carboxylic acids is 1. The molecule has 0 aromatic carbocycles. The lowest BCUT2D eigenvalue weighted by atomic mass is 10.1. The van der Waals surface area contributed by atoms with E-state index < -0.39 is 10.0 Å². The van der Waals surface area contributed by atoms with Gasteiger partial charge in [-0.1, -0.05) is 0 Å². The van der Waals surface area contributed by atoms with Crippen molar-refractivity contribution in [1.29, 1.82) is 0 Å². The average Bonchev–Trinajstić information content (AvgIpc) is 2.45. The van der Waals surface area contributed by atoms with Gasteiger partial charge in [-0.2, -0.15) is 0 Å². The molecule has 9 heteroatoms. The van der Waals surface area contributed by atoms with E-state index in [-0.39, 0.29) is 37.2 Å². The number of piperidine rings is 1. The molecule has 1 saturated heterocycles. The lowest BCUT2D eigenvalue weighted by Gasteiger charge is -2.32. The molecule has 0 saturated carbocycles. The van der Waals surface area contributed by atoms with E-state index in [0.717, 1.165) is 12.8 Å². The minimum Gasteiger partial charge on any atom is -0.381 e. The summed E-state index contributed by atoms with van der Waals surface area (Å²) in [5.74, 6) is -0.294. The van der Waals surface area contributed by atoms with Crippen LogP contribution < -0.4 is 10.0 Å². The van der Waals surface area contributed by atoms with Crippen molar-refractivity contribution in [3.63, 3.8) is 0 Å². The Morgan fingerprint density at radius 1 is 1.43 bits per heavy atom. The topological polar surface area (TPSA) is 87.7 Å². The number of rotatable bonds is 8. The molecule has 0 spiro atoms. The minimum absolute atomic E-state index is 0. The molecule has 7 nitrogen and oxygen atoms in total. The van der Waals surface area contributed by atoms with E-state index in [9.17, 15) is 13.2 Å². The van der Waals surface area contributed by atoms with E-state index in [1.807, 2.05) is 7.05 Å². The van der Waals surface area contributed by atoms with Gasteiger partial charge in [-0.15, -0.1) is 12.4 Å². The summed E-state index contributed by atoms with van der Waals surface area (Å²) in [4.78, 5) is 13.7. The van der Waals surface area contributed by atoms with E-state index in [1.165, 1.54) is 0 Å². The summed E-state index contributed by atoms with van der Waals surface area (Å²) in [7, 11) is -1.57. The minimum atomic E-state index is -3.44. The van der Waals surface area contributed by atoms with Crippen molar-refractivity contribution >= 4 is 28.3 Å². The molecule has 0 aromatic rings. The molecule has 1 aliphatic rings. The van der Waals surface area contributed by atoms with Crippen molar-refractivity contribution in [2.24, 2.45) is 0 Å². The highest BCUT2D eigenvalue weighted by Gasteiger charge is 2.23. The van der Waals surface area contributed by atoms with Crippen molar-refractivity contribution in [3.8, 4) is 0 Å². The normalized spacial score (nSPS) is 19.1. The molecule has 1 aliphatic heterocycles. The number of amides is 1. The van der Waals surface area contributed by atoms with Gasteiger partial charge in [-0.05, 0) is 26.8 Å². The lowest BCUT2D eigenvalue weighted by molar-refractivity contribution is -0.131. The summed E-state index contributed by atoms with van der Waals surface area (Å²) in [6, 6.07) is 0.294.